The summed E-state index contributed by atoms with van der Waals surface area (Å²) in [6, 6.07) is -0.559. The van der Waals surface area contributed by atoms with Crippen molar-refractivity contribution in [1.82, 2.24) is 5.32 Å². The van der Waals surface area contributed by atoms with Crippen LogP contribution < -0.4 is 5.32 Å². The van der Waals surface area contributed by atoms with Crippen LogP contribution in [0.15, 0.2) is 48.6 Å². The predicted molar refractivity (Wildman–Crippen MR) is 278 cm³/mol. The molecule has 0 aromatic rings. The van der Waals surface area contributed by atoms with Gasteiger partial charge in [0.05, 0.1) is 25.4 Å². The first-order valence-electron chi connectivity index (χ1n) is 27.9. The predicted octanol–water partition coefficient (Wildman–Crippen LogP) is 17.0. The van der Waals surface area contributed by atoms with Crippen LogP contribution in [0, 0.1) is 0 Å². The Hall–Kier alpha value is -2.18. The number of ether oxygens (including phenoxy) is 1. The Morgan fingerprint density at radius 3 is 1.30 bits per heavy atom. The molecule has 0 saturated carbocycles. The van der Waals surface area contributed by atoms with E-state index in [1.807, 2.05) is 0 Å². The second kappa shape index (κ2) is 53.4. The molecule has 6 heteroatoms. The molecule has 2 unspecified atom stereocenters. The van der Waals surface area contributed by atoms with Crippen molar-refractivity contribution < 1.29 is 24.5 Å². The highest BCUT2D eigenvalue weighted by atomic mass is 16.5. The first-order chi connectivity index (χ1) is 31.5. The van der Waals surface area contributed by atoms with Crippen molar-refractivity contribution >= 4 is 11.9 Å². The molecule has 0 radical (unpaired) electrons. The van der Waals surface area contributed by atoms with Crippen LogP contribution in [-0.2, 0) is 14.3 Å². The van der Waals surface area contributed by atoms with Crippen molar-refractivity contribution in [2.45, 2.75) is 296 Å². The number of unbranched alkanes of at least 4 members (excludes halogenated alkanes) is 33. The number of aliphatic hydroxyl groups excluding tert-OH is 2. The third-order valence-corrected chi connectivity index (χ3v) is 12.6. The molecule has 0 aromatic carbocycles. The molecular weight excluding hydrogens is 791 g/mol. The van der Waals surface area contributed by atoms with Crippen molar-refractivity contribution in [1.29, 1.82) is 0 Å². The van der Waals surface area contributed by atoms with Crippen LogP contribution in [0.4, 0.5) is 0 Å². The lowest BCUT2D eigenvalue weighted by Crippen LogP contribution is -2.45. The van der Waals surface area contributed by atoms with Gasteiger partial charge < -0.3 is 20.3 Å². The molecule has 0 spiro atoms. The highest BCUT2D eigenvalue weighted by molar-refractivity contribution is 5.76. The molecule has 0 bridgehead atoms. The highest BCUT2D eigenvalue weighted by Crippen LogP contribution is 2.16. The molecule has 0 aliphatic heterocycles. The fraction of sp³-hybridized carbons (Fsp3) is 0.828. The van der Waals surface area contributed by atoms with Gasteiger partial charge in [0.1, 0.15) is 0 Å². The van der Waals surface area contributed by atoms with E-state index in [0.717, 1.165) is 83.5 Å². The van der Waals surface area contributed by atoms with E-state index in [9.17, 15) is 19.8 Å². The molecular formula is C58H107NO5. The molecule has 3 N–H and O–H groups in total. The summed E-state index contributed by atoms with van der Waals surface area (Å²) in [5, 5.41) is 23.2. The zero-order valence-corrected chi connectivity index (χ0v) is 42.5. The fourth-order valence-corrected chi connectivity index (χ4v) is 8.31. The number of amides is 1. The lowest BCUT2D eigenvalue weighted by atomic mass is 10.0. The summed E-state index contributed by atoms with van der Waals surface area (Å²) >= 11 is 0. The Labute approximate surface area is 397 Å². The van der Waals surface area contributed by atoms with Gasteiger partial charge in [-0.1, -0.05) is 229 Å². The van der Waals surface area contributed by atoms with Gasteiger partial charge in [-0.3, -0.25) is 9.59 Å². The van der Waals surface area contributed by atoms with Gasteiger partial charge in [0.25, 0.3) is 0 Å². The second-order valence-electron chi connectivity index (χ2n) is 18.9. The Balaban J connectivity index is 3.52. The van der Waals surface area contributed by atoms with Crippen LogP contribution >= 0.6 is 0 Å². The highest BCUT2D eigenvalue weighted by Gasteiger charge is 2.20. The molecule has 1 amide bonds. The SMILES string of the molecule is CCCCCC/C=C\C/C=C\CCCCCCCCCC(=O)OCCCCC/C=C\C=C/CCCCCCCCC(=O)NC(CO)C(O)CCCCCCCCCCCCCCCC. The quantitative estimate of drug-likeness (QED) is 0.0245. The number of allylic oxidation sites excluding steroid dienone is 8. The van der Waals surface area contributed by atoms with E-state index in [2.05, 4.69) is 67.8 Å². The fourth-order valence-electron chi connectivity index (χ4n) is 8.31. The number of carbonyl (C=O) groups is 2. The molecule has 0 heterocycles. The summed E-state index contributed by atoms with van der Waals surface area (Å²) in [7, 11) is 0. The molecule has 0 saturated heterocycles. The molecule has 0 fully saturated rings. The molecule has 374 valence electrons. The number of hydrogen-bond acceptors (Lipinski definition) is 5. The van der Waals surface area contributed by atoms with E-state index in [0.29, 0.717) is 25.9 Å². The van der Waals surface area contributed by atoms with Gasteiger partial charge in [-0.15, -0.1) is 0 Å². The van der Waals surface area contributed by atoms with Crippen molar-refractivity contribution in [3.63, 3.8) is 0 Å². The van der Waals surface area contributed by atoms with E-state index >= 15 is 0 Å². The van der Waals surface area contributed by atoms with E-state index in [-0.39, 0.29) is 18.5 Å². The Bertz CT molecular complexity index is 1080. The lowest BCUT2D eigenvalue weighted by Gasteiger charge is -2.22. The average molecular weight is 898 g/mol. The summed E-state index contributed by atoms with van der Waals surface area (Å²) in [6.07, 6.45) is 66.6. The third kappa shape index (κ3) is 49.3. The standard InChI is InChI=1S/C58H107NO5/c1-3-5-7-9-11-13-15-17-19-20-21-24-28-32-36-40-44-48-52-58(63)64-53-49-45-41-37-33-29-25-22-23-27-31-35-39-43-47-51-57(62)59-55(54-60)56(61)50-46-42-38-34-30-26-18-16-14-12-10-8-6-4-2/h13,15,19-20,22,25,29,33,55-56,60-61H,3-12,14,16-18,21,23-24,26-28,30-32,34-54H2,1-2H3,(H,59,62)/b15-13-,20-19-,25-22-,33-29-. The van der Waals surface area contributed by atoms with Gasteiger partial charge in [-0.2, -0.15) is 0 Å². The zero-order chi connectivity index (χ0) is 46.5. The van der Waals surface area contributed by atoms with Crippen LogP contribution in [0.3, 0.4) is 0 Å². The maximum absolute atomic E-state index is 12.4. The van der Waals surface area contributed by atoms with Crippen molar-refractivity contribution in [3.05, 3.63) is 48.6 Å². The zero-order valence-electron chi connectivity index (χ0n) is 42.5. The smallest absolute Gasteiger partial charge is 0.305 e. The molecule has 0 aliphatic rings. The summed E-state index contributed by atoms with van der Waals surface area (Å²) < 4.78 is 5.45. The van der Waals surface area contributed by atoms with Gasteiger partial charge in [-0.05, 0) is 89.9 Å². The number of carbonyl (C=O) groups excluding carboxylic acids is 2. The second-order valence-corrected chi connectivity index (χ2v) is 18.9. The van der Waals surface area contributed by atoms with E-state index < -0.39 is 12.1 Å². The van der Waals surface area contributed by atoms with Gasteiger partial charge in [0.2, 0.25) is 5.91 Å². The van der Waals surface area contributed by atoms with Gasteiger partial charge in [0, 0.05) is 12.8 Å². The molecule has 0 aliphatic carbocycles. The molecule has 64 heavy (non-hydrogen) atoms. The van der Waals surface area contributed by atoms with Gasteiger partial charge in [-0.25, -0.2) is 0 Å². The van der Waals surface area contributed by atoms with Crippen LogP contribution in [0.1, 0.15) is 284 Å². The summed E-state index contributed by atoms with van der Waals surface area (Å²) in [5.41, 5.74) is 0. The van der Waals surface area contributed by atoms with Crippen molar-refractivity contribution in [2.75, 3.05) is 13.2 Å². The monoisotopic (exact) mass is 898 g/mol. The first-order valence-corrected chi connectivity index (χ1v) is 27.9. The van der Waals surface area contributed by atoms with Crippen LogP contribution in [0.5, 0.6) is 0 Å². The minimum atomic E-state index is -0.679. The number of hydrogen-bond donors (Lipinski definition) is 3. The first kappa shape index (κ1) is 61.8. The number of aliphatic hydroxyl groups is 2. The molecule has 2 atom stereocenters. The van der Waals surface area contributed by atoms with E-state index in [1.165, 1.54) is 167 Å². The average Bonchev–Trinajstić information content (AvgIpc) is 3.29. The van der Waals surface area contributed by atoms with E-state index in [1.54, 1.807) is 0 Å². The normalized spacial score (nSPS) is 13.0. The number of esters is 1. The van der Waals surface area contributed by atoms with Crippen molar-refractivity contribution in [2.24, 2.45) is 0 Å². The maximum Gasteiger partial charge on any atom is 0.305 e. The topological polar surface area (TPSA) is 95.9 Å². The van der Waals surface area contributed by atoms with Crippen LogP contribution in [-0.4, -0.2) is 47.4 Å². The number of nitrogens with one attached hydrogen (secondary N) is 1. The maximum atomic E-state index is 12.4. The Kier molecular flexibility index (Phi) is 51.6. The minimum absolute atomic E-state index is 0.0295. The largest absolute Gasteiger partial charge is 0.466 e. The summed E-state index contributed by atoms with van der Waals surface area (Å²) in [5.74, 6) is -0.0879. The summed E-state index contributed by atoms with van der Waals surface area (Å²) in [4.78, 5) is 24.5. The molecule has 0 aromatic heterocycles. The van der Waals surface area contributed by atoms with Gasteiger partial charge >= 0.3 is 5.97 Å². The summed E-state index contributed by atoms with van der Waals surface area (Å²) in [6.45, 7) is 4.87. The minimum Gasteiger partial charge on any atom is -0.466 e. The van der Waals surface area contributed by atoms with Gasteiger partial charge in [0.15, 0.2) is 0 Å². The van der Waals surface area contributed by atoms with Crippen molar-refractivity contribution in [3.8, 4) is 0 Å². The van der Waals surface area contributed by atoms with E-state index in [4.69, 9.17) is 4.74 Å². The van der Waals surface area contributed by atoms with Crippen LogP contribution in [0.2, 0.25) is 0 Å². The Morgan fingerprint density at radius 2 is 0.828 bits per heavy atom. The Morgan fingerprint density at radius 1 is 0.453 bits per heavy atom. The van der Waals surface area contributed by atoms with Crippen LogP contribution in [0.25, 0.3) is 0 Å². The molecule has 6 nitrogen and oxygen atoms in total. The molecule has 0 rings (SSSR count). The number of rotatable bonds is 51. The lowest BCUT2D eigenvalue weighted by molar-refractivity contribution is -0.143. The third-order valence-electron chi connectivity index (χ3n) is 12.6.